The highest BCUT2D eigenvalue weighted by Crippen LogP contribution is 2.27. The summed E-state index contributed by atoms with van der Waals surface area (Å²) in [4.78, 5) is 24.6. The summed E-state index contributed by atoms with van der Waals surface area (Å²) >= 11 is 3.39. The number of benzene rings is 2. The van der Waals surface area contributed by atoms with Gasteiger partial charge in [-0.05, 0) is 51.8 Å². The summed E-state index contributed by atoms with van der Waals surface area (Å²) < 4.78 is 5.92. The van der Waals surface area contributed by atoms with Crippen molar-refractivity contribution >= 4 is 39.5 Å². The number of hydrogen-bond acceptors (Lipinski definition) is 3. The van der Waals surface area contributed by atoms with Crippen molar-refractivity contribution in [1.29, 1.82) is 0 Å². The van der Waals surface area contributed by atoms with Crippen molar-refractivity contribution in [2.75, 3.05) is 12.1 Å². The summed E-state index contributed by atoms with van der Waals surface area (Å²) in [5.74, 6) is -0.126. The molecule has 1 N–H and O–H groups in total. The minimum Gasteiger partial charge on any atom is -0.496 e. The van der Waals surface area contributed by atoms with Crippen molar-refractivity contribution in [2.45, 2.75) is 0 Å². The van der Waals surface area contributed by atoms with Gasteiger partial charge in [0.05, 0.1) is 17.3 Å². The van der Waals surface area contributed by atoms with E-state index >= 15 is 0 Å². The Morgan fingerprint density at radius 1 is 1.13 bits per heavy atom. The molecule has 1 aliphatic rings. The molecule has 3 rings (SSSR count). The second kappa shape index (κ2) is 6.26. The van der Waals surface area contributed by atoms with Crippen molar-refractivity contribution in [3.63, 3.8) is 0 Å². The summed E-state index contributed by atoms with van der Waals surface area (Å²) in [5.41, 5.74) is 4.00. The number of hydrazine groups is 1. The van der Waals surface area contributed by atoms with Crippen LogP contribution in [0.2, 0.25) is 0 Å². The van der Waals surface area contributed by atoms with Crippen LogP contribution in [0.5, 0.6) is 5.75 Å². The molecule has 0 unspecified atom stereocenters. The number of ether oxygens (including phenoxy) is 1. The lowest BCUT2D eigenvalue weighted by Gasteiger charge is -2.13. The first kappa shape index (κ1) is 15.3. The smallest absolute Gasteiger partial charge is 0.282 e. The highest BCUT2D eigenvalue weighted by molar-refractivity contribution is 9.10. The van der Waals surface area contributed by atoms with Gasteiger partial charge >= 0.3 is 0 Å². The minimum atomic E-state index is -0.425. The zero-order valence-corrected chi connectivity index (χ0v) is 13.8. The molecule has 0 atom stereocenters. The normalized spacial score (nSPS) is 15.9. The van der Waals surface area contributed by atoms with Crippen molar-refractivity contribution < 1.29 is 14.3 Å². The number of anilines is 1. The third kappa shape index (κ3) is 2.98. The van der Waals surface area contributed by atoms with Crippen LogP contribution in [0.4, 0.5) is 5.69 Å². The number of halogens is 1. The number of carbonyl (C=O) groups is 2. The lowest BCUT2D eigenvalue weighted by molar-refractivity contribution is -0.117. The van der Waals surface area contributed by atoms with Gasteiger partial charge in [-0.25, -0.2) is 5.01 Å². The number of methoxy groups -OCH3 is 1. The van der Waals surface area contributed by atoms with E-state index in [1.807, 2.05) is 6.07 Å². The van der Waals surface area contributed by atoms with E-state index in [0.717, 1.165) is 10.0 Å². The first-order valence-electron chi connectivity index (χ1n) is 6.86. The number of nitrogens with one attached hydrogen (secondary N) is 1. The quantitative estimate of drug-likeness (QED) is 0.665. The minimum absolute atomic E-state index is 0.0888. The monoisotopic (exact) mass is 372 g/mol. The molecule has 1 aliphatic heterocycles. The Hall–Kier alpha value is -2.60. The number of rotatable bonds is 3. The molecule has 6 heteroatoms. The van der Waals surface area contributed by atoms with E-state index in [0.29, 0.717) is 11.4 Å². The zero-order valence-electron chi connectivity index (χ0n) is 12.2. The second-order valence-corrected chi connectivity index (χ2v) is 5.72. The van der Waals surface area contributed by atoms with Gasteiger partial charge in [-0.3, -0.25) is 15.0 Å². The van der Waals surface area contributed by atoms with Crippen LogP contribution in [0, 0.1) is 0 Å². The van der Waals surface area contributed by atoms with Crippen molar-refractivity contribution in [3.8, 4) is 5.75 Å². The van der Waals surface area contributed by atoms with Gasteiger partial charge in [0.15, 0.2) is 0 Å². The molecule has 0 saturated carbocycles. The van der Waals surface area contributed by atoms with Gasteiger partial charge in [0, 0.05) is 0 Å². The van der Waals surface area contributed by atoms with Gasteiger partial charge in [-0.15, -0.1) is 0 Å². The van der Waals surface area contributed by atoms with Gasteiger partial charge in [0.2, 0.25) is 0 Å². The van der Waals surface area contributed by atoms with E-state index in [4.69, 9.17) is 4.74 Å². The van der Waals surface area contributed by atoms with Gasteiger partial charge in [0.25, 0.3) is 11.8 Å². The fourth-order valence-corrected chi connectivity index (χ4v) is 2.81. The molecule has 5 nitrogen and oxygen atoms in total. The summed E-state index contributed by atoms with van der Waals surface area (Å²) in [7, 11) is 1.57. The highest BCUT2D eigenvalue weighted by Gasteiger charge is 2.34. The molecule has 0 spiro atoms. The lowest BCUT2D eigenvalue weighted by atomic mass is 10.1. The van der Waals surface area contributed by atoms with Gasteiger partial charge in [-0.1, -0.05) is 24.3 Å². The maximum absolute atomic E-state index is 12.5. The number of amides is 2. The molecule has 0 aromatic heterocycles. The van der Waals surface area contributed by atoms with Crippen LogP contribution < -0.4 is 15.2 Å². The van der Waals surface area contributed by atoms with Crippen LogP contribution in [0.1, 0.15) is 5.56 Å². The van der Waals surface area contributed by atoms with Crippen LogP contribution in [-0.4, -0.2) is 18.9 Å². The lowest BCUT2D eigenvalue weighted by Crippen LogP contribution is -2.35. The van der Waals surface area contributed by atoms with Crippen LogP contribution in [0.25, 0.3) is 6.08 Å². The Bertz CT molecular complexity index is 803. The van der Waals surface area contributed by atoms with Crippen LogP contribution in [-0.2, 0) is 9.59 Å². The zero-order chi connectivity index (χ0) is 16.4. The maximum atomic E-state index is 12.5. The fourth-order valence-electron chi connectivity index (χ4n) is 2.26. The van der Waals surface area contributed by atoms with E-state index in [-0.39, 0.29) is 11.5 Å². The fraction of sp³-hybridized carbons (Fsp3) is 0.0588. The molecular formula is C17H13BrN2O3. The summed E-state index contributed by atoms with van der Waals surface area (Å²) in [6.07, 6.45) is 1.56. The average Bonchev–Trinajstić information content (AvgIpc) is 2.84. The third-order valence-corrected chi connectivity index (χ3v) is 4.01. The molecule has 23 heavy (non-hydrogen) atoms. The van der Waals surface area contributed by atoms with Gasteiger partial charge < -0.3 is 4.74 Å². The molecule has 0 radical (unpaired) electrons. The molecule has 1 fully saturated rings. The highest BCUT2D eigenvalue weighted by atomic mass is 79.9. The van der Waals surface area contributed by atoms with E-state index in [1.54, 1.807) is 55.7 Å². The number of carbonyl (C=O) groups excluding carboxylic acids is 2. The SMILES string of the molecule is COc1ccc(/C=C2/C(=O)NN(c3ccccc3)C2=O)cc1Br. The molecule has 0 aliphatic carbocycles. The van der Waals surface area contributed by atoms with Crippen LogP contribution in [0.15, 0.2) is 58.6 Å². The molecule has 2 aromatic rings. The van der Waals surface area contributed by atoms with E-state index in [2.05, 4.69) is 21.4 Å². The number of hydrogen-bond donors (Lipinski definition) is 1. The molecular weight excluding hydrogens is 360 g/mol. The third-order valence-electron chi connectivity index (χ3n) is 3.39. The molecule has 2 amide bonds. The van der Waals surface area contributed by atoms with Gasteiger partial charge in [-0.2, -0.15) is 0 Å². The first-order valence-corrected chi connectivity index (χ1v) is 7.65. The first-order chi connectivity index (χ1) is 11.1. The Morgan fingerprint density at radius 2 is 1.87 bits per heavy atom. The summed E-state index contributed by atoms with van der Waals surface area (Å²) in [6, 6.07) is 14.3. The summed E-state index contributed by atoms with van der Waals surface area (Å²) in [5, 5.41) is 1.24. The largest absolute Gasteiger partial charge is 0.496 e. The Morgan fingerprint density at radius 3 is 2.52 bits per heavy atom. The summed E-state index contributed by atoms with van der Waals surface area (Å²) in [6.45, 7) is 0. The van der Waals surface area contributed by atoms with Crippen molar-refractivity contribution in [3.05, 3.63) is 64.1 Å². The van der Waals surface area contributed by atoms with Crippen molar-refractivity contribution in [1.82, 2.24) is 5.43 Å². The molecule has 2 aromatic carbocycles. The second-order valence-electron chi connectivity index (χ2n) is 4.87. The van der Waals surface area contributed by atoms with Crippen LogP contribution in [0.3, 0.4) is 0 Å². The predicted octanol–water partition coefficient (Wildman–Crippen LogP) is 2.92. The van der Waals surface area contributed by atoms with E-state index in [9.17, 15) is 9.59 Å². The average molecular weight is 373 g/mol. The van der Waals surface area contributed by atoms with Gasteiger partial charge in [0.1, 0.15) is 11.3 Å². The topological polar surface area (TPSA) is 58.6 Å². The standard InChI is InChI=1S/C17H13BrN2O3/c1-23-15-8-7-11(10-14(15)18)9-13-16(21)19-20(17(13)22)12-5-3-2-4-6-12/h2-10H,1H3,(H,19,21)/b13-9-. The maximum Gasteiger partial charge on any atom is 0.282 e. The Kier molecular flexibility index (Phi) is 4.16. The molecule has 1 saturated heterocycles. The molecule has 116 valence electrons. The molecule has 0 bridgehead atoms. The van der Waals surface area contributed by atoms with E-state index in [1.165, 1.54) is 5.01 Å². The van der Waals surface area contributed by atoms with E-state index < -0.39 is 5.91 Å². The Balaban J connectivity index is 1.92. The number of nitrogens with zero attached hydrogens (tertiary/aromatic N) is 1. The predicted molar refractivity (Wildman–Crippen MR) is 90.7 cm³/mol. The van der Waals surface area contributed by atoms with Crippen molar-refractivity contribution in [2.24, 2.45) is 0 Å². The number of para-hydroxylation sites is 1. The van der Waals surface area contributed by atoms with Crippen LogP contribution >= 0.6 is 15.9 Å². The molecule has 1 heterocycles. The Labute approximate surface area is 141 Å².